The van der Waals surface area contributed by atoms with Crippen LogP contribution in [0.5, 0.6) is 11.5 Å². The molecule has 1 N–H and O–H groups in total. The van der Waals surface area contributed by atoms with Crippen LogP contribution in [0.1, 0.15) is 36.9 Å². The van der Waals surface area contributed by atoms with E-state index in [9.17, 15) is 4.79 Å². The van der Waals surface area contributed by atoms with Crippen LogP contribution in [0.25, 0.3) is 0 Å². The zero-order valence-corrected chi connectivity index (χ0v) is 15.7. The number of likely N-dealkylation sites (tertiary alicyclic amines) is 1. The highest BCUT2D eigenvalue weighted by Gasteiger charge is 2.28. The molecule has 2 aliphatic heterocycles. The van der Waals surface area contributed by atoms with Crippen LogP contribution in [-0.2, 0) is 11.2 Å². The maximum Gasteiger partial charge on any atom is 0.238 e. The van der Waals surface area contributed by atoms with Gasteiger partial charge >= 0.3 is 0 Å². The fourth-order valence-corrected chi connectivity index (χ4v) is 3.98. The Morgan fingerprint density at radius 1 is 1.15 bits per heavy atom. The lowest BCUT2D eigenvalue weighted by Crippen LogP contribution is -2.33. The van der Waals surface area contributed by atoms with Crippen molar-refractivity contribution >= 4 is 11.6 Å². The second-order valence-electron chi connectivity index (χ2n) is 7.09. The van der Waals surface area contributed by atoms with Crippen molar-refractivity contribution < 1.29 is 14.3 Å². The molecule has 5 nitrogen and oxygen atoms in total. The second-order valence-corrected chi connectivity index (χ2v) is 7.09. The lowest BCUT2D eigenvalue weighted by Gasteiger charge is -2.26. The van der Waals surface area contributed by atoms with Gasteiger partial charge in [0.05, 0.1) is 6.54 Å². The zero-order chi connectivity index (χ0) is 18.6. The average molecular weight is 366 g/mol. The van der Waals surface area contributed by atoms with E-state index in [-0.39, 0.29) is 11.9 Å². The van der Waals surface area contributed by atoms with Gasteiger partial charge < -0.3 is 14.8 Å². The van der Waals surface area contributed by atoms with Gasteiger partial charge in [0.2, 0.25) is 5.91 Å². The summed E-state index contributed by atoms with van der Waals surface area (Å²) in [4.78, 5) is 14.9. The van der Waals surface area contributed by atoms with Crippen LogP contribution in [0.2, 0.25) is 0 Å². The molecule has 1 saturated heterocycles. The Bertz CT molecular complexity index is 821. The van der Waals surface area contributed by atoms with Gasteiger partial charge in [-0.25, -0.2) is 0 Å². The number of hydrogen-bond donors (Lipinski definition) is 1. The van der Waals surface area contributed by atoms with Crippen molar-refractivity contribution in [3.05, 3.63) is 53.6 Å². The van der Waals surface area contributed by atoms with Gasteiger partial charge in [0.15, 0.2) is 11.5 Å². The third-order valence-corrected chi connectivity index (χ3v) is 5.33. The molecule has 1 unspecified atom stereocenters. The number of ether oxygens (including phenoxy) is 2. The van der Waals surface area contributed by atoms with E-state index in [0.717, 1.165) is 48.6 Å². The van der Waals surface area contributed by atoms with E-state index >= 15 is 0 Å². The molecule has 2 heterocycles. The number of carbonyl (C=O) groups is 1. The Hall–Kier alpha value is -2.53. The number of hydrogen-bond acceptors (Lipinski definition) is 4. The molecule has 2 aromatic rings. The molecule has 0 aromatic heterocycles. The van der Waals surface area contributed by atoms with E-state index in [1.54, 1.807) is 0 Å². The molecule has 0 aliphatic carbocycles. The molecule has 1 atom stereocenters. The van der Waals surface area contributed by atoms with Gasteiger partial charge in [-0.15, -0.1) is 0 Å². The molecule has 5 heteroatoms. The van der Waals surface area contributed by atoms with Crippen molar-refractivity contribution in [2.24, 2.45) is 0 Å². The highest BCUT2D eigenvalue weighted by molar-refractivity contribution is 5.93. The molecule has 2 aromatic carbocycles. The Labute approximate surface area is 160 Å². The molecule has 0 bridgehead atoms. The van der Waals surface area contributed by atoms with Crippen molar-refractivity contribution in [3.8, 4) is 11.5 Å². The van der Waals surface area contributed by atoms with Crippen molar-refractivity contribution in [2.45, 2.75) is 32.2 Å². The van der Waals surface area contributed by atoms with Crippen LogP contribution in [0.15, 0.2) is 42.5 Å². The van der Waals surface area contributed by atoms with Crippen molar-refractivity contribution in [3.63, 3.8) is 0 Å². The number of nitrogens with zero attached hydrogens (tertiary/aromatic N) is 1. The van der Waals surface area contributed by atoms with Gasteiger partial charge in [0.1, 0.15) is 13.2 Å². The van der Waals surface area contributed by atoms with Gasteiger partial charge in [-0.2, -0.15) is 0 Å². The third-order valence-electron chi connectivity index (χ3n) is 5.33. The molecular formula is C22H26N2O3. The molecule has 142 valence electrons. The minimum Gasteiger partial charge on any atom is -0.486 e. The smallest absolute Gasteiger partial charge is 0.238 e. The number of amides is 1. The number of anilines is 1. The molecule has 1 fully saturated rings. The van der Waals surface area contributed by atoms with Gasteiger partial charge in [-0.1, -0.05) is 31.2 Å². The van der Waals surface area contributed by atoms with Gasteiger partial charge in [0, 0.05) is 11.7 Å². The molecule has 0 radical (unpaired) electrons. The van der Waals surface area contributed by atoms with Crippen molar-refractivity contribution in [1.29, 1.82) is 0 Å². The highest BCUT2D eigenvalue weighted by atomic mass is 16.6. The number of rotatable bonds is 5. The first-order chi connectivity index (χ1) is 13.2. The van der Waals surface area contributed by atoms with Crippen molar-refractivity contribution in [2.75, 3.05) is 31.6 Å². The van der Waals surface area contributed by atoms with E-state index in [1.807, 2.05) is 24.3 Å². The Morgan fingerprint density at radius 3 is 2.81 bits per heavy atom. The third kappa shape index (κ3) is 3.93. The minimum atomic E-state index is 0.0420. The number of para-hydroxylation sites is 1. The molecule has 0 saturated carbocycles. The summed E-state index contributed by atoms with van der Waals surface area (Å²) >= 11 is 0. The number of carbonyl (C=O) groups excluding carboxylic acids is 1. The van der Waals surface area contributed by atoms with E-state index in [1.165, 1.54) is 5.56 Å². The molecule has 4 rings (SSSR count). The normalized spacial score (nSPS) is 19.1. The molecule has 27 heavy (non-hydrogen) atoms. The summed E-state index contributed by atoms with van der Waals surface area (Å²) in [5.41, 5.74) is 3.27. The molecule has 0 spiro atoms. The number of nitrogens with one attached hydrogen (secondary N) is 1. The van der Waals surface area contributed by atoms with Crippen LogP contribution in [0.3, 0.4) is 0 Å². The van der Waals surface area contributed by atoms with Crippen LogP contribution >= 0.6 is 0 Å². The maximum absolute atomic E-state index is 12.6. The fourth-order valence-electron chi connectivity index (χ4n) is 3.98. The maximum atomic E-state index is 12.6. The van der Waals surface area contributed by atoms with E-state index in [4.69, 9.17) is 9.47 Å². The van der Waals surface area contributed by atoms with Crippen molar-refractivity contribution in [1.82, 2.24) is 4.90 Å². The monoisotopic (exact) mass is 366 g/mol. The predicted molar refractivity (Wildman–Crippen MR) is 105 cm³/mol. The summed E-state index contributed by atoms with van der Waals surface area (Å²) in [6.07, 6.45) is 3.05. The first-order valence-corrected chi connectivity index (χ1v) is 9.76. The van der Waals surface area contributed by atoms with Crippen LogP contribution < -0.4 is 14.8 Å². The topological polar surface area (TPSA) is 50.8 Å². The van der Waals surface area contributed by atoms with E-state index < -0.39 is 0 Å². The SMILES string of the molecule is CCc1ccccc1NC(=O)CN1CCCC1c1ccc2c(c1)OCCO2. The summed E-state index contributed by atoms with van der Waals surface area (Å²) in [7, 11) is 0. The molecule has 1 amide bonds. The minimum absolute atomic E-state index is 0.0420. The molecule has 2 aliphatic rings. The van der Waals surface area contributed by atoms with Gasteiger partial charge in [-0.05, 0) is 55.1 Å². The fraction of sp³-hybridized carbons (Fsp3) is 0.409. The Morgan fingerprint density at radius 2 is 1.96 bits per heavy atom. The summed E-state index contributed by atoms with van der Waals surface area (Å²) in [6, 6.07) is 14.4. The quantitative estimate of drug-likeness (QED) is 0.875. The Kier molecular flexibility index (Phi) is 5.30. The van der Waals surface area contributed by atoms with E-state index in [0.29, 0.717) is 19.8 Å². The second kappa shape index (κ2) is 8.01. The summed E-state index contributed by atoms with van der Waals surface area (Å²) < 4.78 is 11.3. The van der Waals surface area contributed by atoms with Gasteiger partial charge in [0.25, 0.3) is 0 Å². The predicted octanol–water partition coefficient (Wildman–Crippen LogP) is 3.80. The zero-order valence-electron chi connectivity index (χ0n) is 15.7. The van der Waals surface area contributed by atoms with Crippen LogP contribution in [0, 0.1) is 0 Å². The number of benzene rings is 2. The number of fused-ring (bicyclic) bond motifs is 1. The standard InChI is InChI=1S/C22H26N2O3/c1-2-16-6-3-4-7-18(16)23-22(25)15-24-11-5-8-19(24)17-9-10-20-21(14-17)27-13-12-26-20/h3-4,6-7,9-10,14,19H,2,5,8,11-13,15H2,1H3,(H,23,25). The Balaban J connectivity index is 1.45. The first kappa shape index (κ1) is 17.9. The number of aryl methyl sites for hydroxylation is 1. The summed E-state index contributed by atoms with van der Waals surface area (Å²) in [5, 5.41) is 3.08. The van der Waals surface area contributed by atoms with E-state index in [2.05, 4.69) is 35.3 Å². The summed E-state index contributed by atoms with van der Waals surface area (Å²) in [6.45, 7) is 4.62. The first-order valence-electron chi connectivity index (χ1n) is 9.76. The van der Waals surface area contributed by atoms with Crippen LogP contribution in [0.4, 0.5) is 5.69 Å². The summed E-state index contributed by atoms with van der Waals surface area (Å²) in [5.74, 6) is 1.66. The van der Waals surface area contributed by atoms with Gasteiger partial charge in [-0.3, -0.25) is 9.69 Å². The van der Waals surface area contributed by atoms with Crippen LogP contribution in [-0.4, -0.2) is 37.1 Å². The average Bonchev–Trinajstić information content (AvgIpc) is 3.16. The lowest BCUT2D eigenvalue weighted by molar-refractivity contribution is -0.117. The largest absolute Gasteiger partial charge is 0.486 e. The lowest BCUT2D eigenvalue weighted by atomic mass is 10.0. The highest BCUT2D eigenvalue weighted by Crippen LogP contribution is 2.37. The molecular weight excluding hydrogens is 340 g/mol.